The fraction of sp³-hybridized carbons (Fsp3) is 0.583. The van der Waals surface area contributed by atoms with Crippen LogP contribution in [0.1, 0.15) is 61.0 Å². The van der Waals surface area contributed by atoms with E-state index in [2.05, 4.69) is 15.6 Å². The van der Waals surface area contributed by atoms with Crippen molar-refractivity contribution < 1.29 is 19.1 Å². The van der Waals surface area contributed by atoms with E-state index < -0.39 is 0 Å². The molecule has 2 aliphatic rings. The van der Waals surface area contributed by atoms with Crippen molar-refractivity contribution >= 4 is 11.8 Å². The van der Waals surface area contributed by atoms with E-state index in [1.165, 1.54) is 0 Å². The van der Waals surface area contributed by atoms with Crippen LogP contribution in [-0.4, -0.2) is 64.6 Å². The van der Waals surface area contributed by atoms with E-state index in [-0.39, 0.29) is 17.9 Å². The molecule has 1 aliphatic carbocycles. The lowest BCUT2D eigenvalue weighted by Crippen LogP contribution is -2.44. The van der Waals surface area contributed by atoms with Gasteiger partial charge in [0.25, 0.3) is 5.91 Å². The molecule has 178 valence electrons. The highest BCUT2D eigenvalue weighted by atomic mass is 16.5. The number of methoxy groups -OCH3 is 2. The van der Waals surface area contributed by atoms with Gasteiger partial charge in [-0.1, -0.05) is 11.3 Å². The molecule has 2 aromatic rings. The van der Waals surface area contributed by atoms with Crippen molar-refractivity contribution in [1.29, 1.82) is 0 Å². The number of ether oxygens (including phenoxy) is 2. The van der Waals surface area contributed by atoms with Gasteiger partial charge in [-0.05, 0) is 62.6 Å². The molecular formula is C24H33N5O4. The molecule has 1 aromatic carbocycles. The number of rotatable bonds is 10. The molecule has 1 aliphatic heterocycles. The van der Waals surface area contributed by atoms with E-state index in [4.69, 9.17) is 9.47 Å². The summed E-state index contributed by atoms with van der Waals surface area (Å²) in [7, 11) is 3.23. The fourth-order valence-electron chi connectivity index (χ4n) is 4.34. The third kappa shape index (κ3) is 6.03. The molecule has 0 radical (unpaired) electrons. The van der Waals surface area contributed by atoms with Crippen LogP contribution in [0, 0.1) is 0 Å². The first-order chi connectivity index (χ1) is 16.1. The standard InChI is InChI=1S/C24H33N5O4/c1-32-21-10-6-17(15-22(21)33-2)7-11-23(30)29-13-4-3-5-19(29)12-14-28-16-20(26-27-28)24(31)25-18-8-9-18/h6,10,15-16,18-19H,3-5,7-9,11-14H2,1-2H3,(H,25,31). The second-order valence-corrected chi connectivity index (χ2v) is 8.83. The maximum absolute atomic E-state index is 13.1. The van der Waals surface area contributed by atoms with E-state index in [0.29, 0.717) is 42.6 Å². The zero-order valence-corrected chi connectivity index (χ0v) is 19.5. The van der Waals surface area contributed by atoms with Gasteiger partial charge in [0.1, 0.15) is 0 Å². The zero-order chi connectivity index (χ0) is 23.2. The predicted octanol–water partition coefficient (Wildman–Crippen LogP) is 2.59. The lowest BCUT2D eigenvalue weighted by Gasteiger charge is -2.36. The van der Waals surface area contributed by atoms with E-state index in [0.717, 1.165) is 50.6 Å². The smallest absolute Gasteiger partial charge is 0.273 e. The Morgan fingerprint density at radius 2 is 1.94 bits per heavy atom. The summed E-state index contributed by atoms with van der Waals surface area (Å²) in [5.74, 6) is 1.38. The summed E-state index contributed by atoms with van der Waals surface area (Å²) in [5, 5.41) is 11.0. The molecule has 1 saturated carbocycles. The molecule has 1 unspecified atom stereocenters. The Labute approximate surface area is 194 Å². The van der Waals surface area contributed by atoms with E-state index in [1.54, 1.807) is 25.1 Å². The largest absolute Gasteiger partial charge is 0.493 e. The Hall–Kier alpha value is -3.10. The van der Waals surface area contributed by atoms with Gasteiger partial charge in [-0.3, -0.25) is 14.3 Å². The molecule has 2 fully saturated rings. The maximum atomic E-state index is 13.1. The van der Waals surface area contributed by atoms with Gasteiger partial charge in [0.05, 0.1) is 20.4 Å². The molecule has 1 N–H and O–H groups in total. The second kappa shape index (κ2) is 10.7. The van der Waals surface area contributed by atoms with Gasteiger partial charge in [-0.25, -0.2) is 0 Å². The summed E-state index contributed by atoms with van der Waals surface area (Å²) < 4.78 is 12.4. The average molecular weight is 456 g/mol. The number of nitrogens with zero attached hydrogens (tertiary/aromatic N) is 4. The fourth-order valence-corrected chi connectivity index (χ4v) is 4.34. The van der Waals surface area contributed by atoms with Crippen molar-refractivity contribution in [2.45, 2.75) is 70.0 Å². The number of nitrogens with one attached hydrogen (secondary N) is 1. The van der Waals surface area contributed by atoms with Gasteiger partial charge < -0.3 is 19.7 Å². The quantitative estimate of drug-likeness (QED) is 0.591. The van der Waals surface area contributed by atoms with Crippen molar-refractivity contribution in [3.05, 3.63) is 35.7 Å². The number of hydrogen-bond donors (Lipinski definition) is 1. The number of hydrogen-bond acceptors (Lipinski definition) is 6. The normalized spacial score (nSPS) is 18.1. The number of carbonyl (C=O) groups is 2. The van der Waals surface area contributed by atoms with E-state index in [1.807, 2.05) is 23.1 Å². The summed E-state index contributed by atoms with van der Waals surface area (Å²) in [5.41, 5.74) is 1.41. The lowest BCUT2D eigenvalue weighted by atomic mass is 9.98. The second-order valence-electron chi connectivity index (χ2n) is 8.83. The molecule has 1 atom stereocenters. The van der Waals surface area contributed by atoms with Gasteiger partial charge in [0, 0.05) is 31.6 Å². The van der Waals surface area contributed by atoms with Gasteiger partial charge in [0.15, 0.2) is 17.2 Å². The minimum atomic E-state index is -0.159. The van der Waals surface area contributed by atoms with E-state index in [9.17, 15) is 9.59 Å². The summed E-state index contributed by atoms with van der Waals surface area (Å²) >= 11 is 0. The molecule has 2 heterocycles. The minimum Gasteiger partial charge on any atom is -0.493 e. The van der Waals surface area contributed by atoms with Crippen molar-refractivity contribution in [2.24, 2.45) is 0 Å². The minimum absolute atomic E-state index is 0.159. The maximum Gasteiger partial charge on any atom is 0.273 e. The van der Waals surface area contributed by atoms with Crippen LogP contribution in [0.15, 0.2) is 24.4 Å². The van der Waals surface area contributed by atoms with Crippen LogP contribution in [0.5, 0.6) is 11.5 Å². The monoisotopic (exact) mass is 455 g/mol. The number of likely N-dealkylation sites (tertiary alicyclic amines) is 1. The molecule has 2 amide bonds. The number of aryl methyl sites for hydroxylation is 2. The van der Waals surface area contributed by atoms with Crippen molar-refractivity contribution in [2.75, 3.05) is 20.8 Å². The predicted molar refractivity (Wildman–Crippen MR) is 122 cm³/mol. The molecule has 4 rings (SSSR count). The Kier molecular flexibility index (Phi) is 7.47. The third-order valence-electron chi connectivity index (χ3n) is 6.40. The number of amides is 2. The van der Waals surface area contributed by atoms with Crippen LogP contribution in [0.2, 0.25) is 0 Å². The summed E-state index contributed by atoms with van der Waals surface area (Å²) in [6, 6.07) is 6.26. The van der Waals surface area contributed by atoms with Crippen LogP contribution < -0.4 is 14.8 Å². The van der Waals surface area contributed by atoms with Gasteiger partial charge in [0.2, 0.25) is 5.91 Å². The Morgan fingerprint density at radius 1 is 1.12 bits per heavy atom. The zero-order valence-electron chi connectivity index (χ0n) is 19.5. The van der Waals surface area contributed by atoms with Crippen molar-refractivity contribution in [3.8, 4) is 11.5 Å². The molecule has 1 saturated heterocycles. The SMILES string of the molecule is COc1ccc(CCC(=O)N2CCCCC2CCn2cc(C(=O)NC3CC3)nn2)cc1OC. The molecule has 9 heteroatoms. The Balaban J connectivity index is 1.30. The molecular weight excluding hydrogens is 422 g/mol. The average Bonchev–Trinajstić information content (AvgIpc) is 3.53. The van der Waals surface area contributed by atoms with Crippen LogP contribution in [0.4, 0.5) is 0 Å². The van der Waals surface area contributed by atoms with Crippen molar-refractivity contribution in [3.63, 3.8) is 0 Å². The van der Waals surface area contributed by atoms with Gasteiger partial charge in [-0.2, -0.15) is 0 Å². The molecule has 1 aromatic heterocycles. The summed E-state index contributed by atoms with van der Waals surface area (Å²) in [6.07, 6.45) is 8.84. The summed E-state index contributed by atoms with van der Waals surface area (Å²) in [4.78, 5) is 27.2. The highest BCUT2D eigenvalue weighted by molar-refractivity contribution is 5.92. The van der Waals surface area contributed by atoms with Crippen LogP contribution in [0.25, 0.3) is 0 Å². The van der Waals surface area contributed by atoms with Crippen LogP contribution >= 0.6 is 0 Å². The lowest BCUT2D eigenvalue weighted by molar-refractivity contribution is -0.135. The molecule has 33 heavy (non-hydrogen) atoms. The Morgan fingerprint density at radius 3 is 2.70 bits per heavy atom. The van der Waals surface area contributed by atoms with Crippen molar-refractivity contribution in [1.82, 2.24) is 25.2 Å². The molecule has 0 spiro atoms. The molecule has 0 bridgehead atoms. The Bertz CT molecular complexity index is 972. The topological polar surface area (TPSA) is 98.6 Å². The number of aromatic nitrogens is 3. The molecule has 9 nitrogen and oxygen atoms in total. The summed E-state index contributed by atoms with van der Waals surface area (Å²) in [6.45, 7) is 1.43. The van der Waals surface area contributed by atoms with E-state index >= 15 is 0 Å². The highest BCUT2D eigenvalue weighted by Gasteiger charge is 2.27. The number of carbonyl (C=O) groups excluding carboxylic acids is 2. The third-order valence-corrected chi connectivity index (χ3v) is 6.40. The first-order valence-electron chi connectivity index (χ1n) is 11.8. The highest BCUT2D eigenvalue weighted by Crippen LogP contribution is 2.28. The first kappa shape index (κ1) is 23.1. The van der Waals surface area contributed by atoms with Crippen LogP contribution in [-0.2, 0) is 17.8 Å². The number of piperidine rings is 1. The van der Waals surface area contributed by atoms with Crippen LogP contribution in [0.3, 0.4) is 0 Å². The first-order valence-corrected chi connectivity index (χ1v) is 11.8. The number of benzene rings is 1. The van der Waals surface area contributed by atoms with Gasteiger partial charge in [-0.15, -0.1) is 5.10 Å². The van der Waals surface area contributed by atoms with Gasteiger partial charge >= 0.3 is 0 Å².